The minimum absolute atomic E-state index is 0.0893. The minimum Gasteiger partial charge on any atom is -0.373 e. The van der Waals surface area contributed by atoms with E-state index in [1.165, 1.54) is 18.5 Å². The maximum atomic E-state index is 13.0. The van der Waals surface area contributed by atoms with Gasteiger partial charge in [-0.1, -0.05) is 12.1 Å². The van der Waals surface area contributed by atoms with Crippen molar-refractivity contribution in [2.45, 2.75) is 12.5 Å². The molecule has 1 aromatic carbocycles. The Kier molecular flexibility index (Phi) is 4.68. The zero-order valence-corrected chi connectivity index (χ0v) is 13.6. The molecule has 3 rings (SSSR count). The maximum absolute atomic E-state index is 13.0. The van der Waals surface area contributed by atoms with Crippen LogP contribution in [-0.2, 0) is 13.5 Å². The second kappa shape index (κ2) is 6.89. The first-order valence-corrected chi connectivity index (χ1v) is 8.17. The molecule has 120 valence electrons. The predicted octanol–water partition coefficient (Wildman–Crippen LogP) is 2.66. The van der Waals surface area contributed by atoms with Crippen LogP contribution in [-0.4, -0.2) is 27.4 Å². The monoisotopic (exact) mass is 331 g/mol. The van der Waals surface area contributed by atoms with Crippen molar-refractivity contribution < 1.29 is 4.39 Å². The third-order valence-electron chi connectivity index (χ3n) is 3.60. The van der Waals surface area contributed by atoms with E-state index >= 15 is 0 Å². The smallest absolute Gasteiger partial charge is 0.158 e. The first-order valence-electron chi connectivity index (χ1n) is 7.29. The number of rotatable bonds is 6. The van der Waals surface area contributed by atoms with Crippen molar-refractivity contribution in [1.82, 2.24) is 14.8 Å². The molecule has 0 saturated carbocycles. The van der Waals surface area contributed by atoms with E-state index in [2.05, 4.69) is 15.4 Å². The summed E-state index contributed by atoms with van der Waals surface area (Å²) in [7, 11) is 1.87. The normalized spacial score (nSPS) is 12.3. The zero-order valence-electron chi connectivity index (χ0n) is 12.7. The number of hydrogen-bond acceptors (Lipinski definition) is 5. The Morgan fingerprint density at radius 1 is 1.35 bits per heavy atom. The van der Waals surface area contributed by atoms with E-state index in [1.54, 1.807) is 28.2 Å². The summed E-state index contributed by atoms with van der Waals surface area (Å²) in [4.78, 5) is 4.25. The topological polar surface area (TPSA) is 68.8 Å². The lowest BCUT2D eigenvalue weighted by molar-refractivity contribution is 0.626. The second-order valence-electron chi connectivity index (χ2n) is 5.31. The number of halogens is 1. The van der Waals surface area contributed by atoms with Crippen LogP contribution in [0.3, 0.4) is 0 Å². The van der Waals surface area contributed by atoms with Crippen molar-refractivity contribution in [1.29, 1.82) is 0 Å². The summed E-state index contributed by atoms with van der Waals surface area (Å²) >= 11 is 1.61. The number of anilines is 1. The van der Waals surface area contributed by atoms with Crippen LogP contribution < -0.4 is 11.1 Å². The molecule has 3 aromatic rings. The molecule has 0 bridgehead atoms. The molecule has 23 heavy (non-hydrogen) atoms. The SMILES string of the molecule is Cn1ncnc1-c1csc(N[C@H](CN)Cc2ccc(F)cc2)c1. The number of hydrogen-bond donors (Lipinski definition) is 2. The largest absolute Gasteiger partial charge is 0.373 e. The van der Waals surface area contributed by atoms with Gasteiger partial charge in [-0.2, -0.15) is 5.10 Å². The Morgan fingerprint density at radius 3 is 2.78 bits per heavy atom. The fourth-order valence-corrected chi connectivity index (χ4v) is 3.24. The van der Waals surface area contributed by atoms with Crippen molar-refractivity contribution >= 4 is 16.3 Å². The van der Waals surface area contributed by atoms with E-state index in [0.717, 1.165) is 28.4 Å². The van der Waals surface area contributed by atoms with Gasteiger partial charge < -0.3 is 11.1 Å². The van der Waals surface area contributed by atoms with Gasteiger partial charge in [-0.05, 0) is 30.2 Å². The van der Waals surface area contributed by atoms with Crippen molar-refractivity contribution in [2.75, 3.05) is 11.9 Å². The number of aryl methyl sites for hydroxylation is 1. The molecule has 3 N–H and O–H groups in total. The van der Waals surface area contributed by atoms with E-state index in [-0.39, 0.29) is 11.9 Å². The molecule has 0 amide bonds. The third kappa shape index (κ3) is 3.75. The quantitative estimate of drug-likeness (QED) is 0.729. The van der Waals surface area contributed by atoms with Crippen LogP contribution in [0.5, 0.6) is 0 Å². The summed E-state index contributed by atoms with van der Waals surface area (Å²) in [6.07, 6.45) is 2.28. The molecule has 0 aliphatic rings. The average Bonchev–Trinajstić information content (AvgIpc) is 3.17. The lowest BCUT2D eigenvalue weighted by atomic mass is 10.1. The zero-order chi connectivity index (χ0) is 16.2. The number of benzene rings is 1. The van der Waals surface area contributed by atoms with Gasteiger partial charge in [0.1, 0.15) is 12.1 Å². The van der Waals surface area contributed by atoms with Crippen LogP contribution in [0.15, 0.2) is 42.0 Å². The third-order valence-corrected chi connectivity index (χ3v) is 4.46. The number of aromatic nitrogens is 3. The number of nitrogens with zero attached hydrogens (tertiary/aromatic N) is 3. The summed E-state index contributed by atoms with van der Waals surface area (Å²) in [5.74, 6) is 0.606. The lowest BCUT2D eigenvalue weighted by Gasteiger charge is -2.16. The molecule has 0 unspecified atom stereocenters. The highest BCUT2D eigenvalue weighted by molar-refractivity contribution is 7.14. The molecule has 5 nitrogen and oxygen atoms in total. The highest BCUT2D eigenvalue weighted by Crippen LogP contribution is 2.28. The van der Waals surface area contributed by atoms with Crippen molar-refractivity contribution in [3.05, 3.63) is 53.4 Å². The first-order chi connectivity index (χ1) is 11.2. The van der Waals surface area contributed by atoms with Gasteiger partial charge in [0.05, 0.1) is 5.00 Å². The molecule has 0 radical (unpaired) electrons. The molecule has 0 aliphatic carbocycles. The summed E-state index contributed by atoms with van der Waals surface area (Å²) in [6.45, 7) is 0.495. The molecule has 0 spiro atoms. The average molecular weight is 331 g/mol. The Hall–Kier alpha value is -2.25. The van der Waals surface area contributed by atoms with Crippen LogP contribution in [0.25, 0.3) is 11.4 Å². The van der Waals surface area contributed by atoms with Crippen LogP contribution >= 0.6 is 11.3 Å². The predicted molar refractivity (Wildman–Crippen MR) is 90.9 cm³/mol. The molecule has 0 aliphatic heterocycles. The van der Waals surface area contributed by atoms with Crippen LogP contribution in [0, 0.1) is 5.82 Å². The Morgan fingerprint density at radius 2 is 2.13 bits per heavy atom. The van der Waals surface area contributed by atoms with Gasteiger partial charge in [0.15, 0.2) is 5.82 Å². The number of nitrogens with one attached hydrogen (secondary N) is 1. The highest BCUT2D eigenvalue weighted by atomic mass is 32.1. The van der Waals surface area contributed by atoms with Gasteiger partial charge in [0.25, 0.3) is 0 Å². The highest BCUT2D eigenvalue weighted by Gasteiger charge is 2.12. The molecule has 0 fully saturated rings. The first kappa shape index (κ1) is 15.6. The molecule has 2 heterocycles. The van der Waals surface area contributed by atoms with Gasteiger partial charge in [0.2, 0.25) is 0 Å². The van der Waals surface area contributed by atoms with Crippen molar-refractivity contribution in [3.8, 4) is 11.4 Å². The summed E-state index contributed by atoms with van der Waals surface area (Å²) in [6, 6.07) is 8.66. The molecule has 7 heteroatoms. The Balaban J connectivity index is 1.68. The van der Waals surface area contributed by atoms with Crippen LogP contribution in [0.1, 0.15) is 5.56 Å². The second-order valence-corrected chi connectivity index (χ2v) is 6.23. The van der Waals surface area contributed by atoms with E-state index in [4.69, 9.17) is 5.73 Å². The van der Waals surface area contributed by atoms with Gasteiger partial charge in [-0.3, -0.25) is 0 Å². The van der Waals surface area contributed by atoms with Gasteiger partial charge in [0, 0.05) is 30.6 Å². The van der Waals surface area contributed by atoms with Gasteiger partial charge >= 0.3 is 0 Å². The fourth-order valence-electron chi connectivity index (χ4n) is 2.39. The minimum atomic E-state index is -0.224. The van der Waals surface area contributed by atoms with E-state index in [0.29, 0.717) is 6.54 Å². The molecule has 0 saturated heterocycles. The van der Waals surface area contributed by atoms with Crippen LogP contribution in [0.2, 0.25) is 0 Å². The molecule has 2 aromatic heterocycles. The van der Waals surface area contributed by atoms with E-state index in [1.807, 2.05) is 18.5 Å². The number of thiophene rings is 1. The molecule has 1 atom stereocenters. The summed E-state index contributed by atoms with van der Waals surface area (Å²) in [5, 5.41) is 10.6. The molecular weight excluding hydrogens is 313 g/mol. The van der Waals surface area contributed by atoms with Gasteiger partial charge in [-0.15, -0.1) is 11.3 Å². The number of nitrogens with two attached hydrogens (primary N) is 1. The lowest BCUT2D eigenvalue weighted by Crippen LogP contribution is -2.30. The Labute approximate surface area is 138 Å². The van der Waals surface area contributed by atoms with Crippen molar-refractivity contribution in [2.24, 2.45) is 12.8 Å². The van der Waals surface area contributed by atoms with Gasteiger partial charge in [-0.25, -0.2) is 14.1 Å². The Bertz CT molecular complexity index is 765. The molecular formula is C16H18FN5S. The standard InChI is InChI=1S/C16H18FN5S/c1-22-16(19-10-20-22)12-7-15(23-9-12)21-14(8-18)6-11-2-4-13(17)5-3-11/h2-5,7,9-10,14,21H,6,8,18H2,1H3/t14-/m0/s1. The summed E-state index contributed by atoms with van der Waals surface area (Å²) in [5.41, 5.74) is 7.94. The summed E-state index contributed by atoms with van der Waals surface area (Å²) < 4.78 is 14.7. The van der Waals surface area contributed by atoms with Crippen molar-refractivity contribution in [3.63, 3.8) is 0 Å². The van der Waals surface area contributed by atoms with Crippen LogP contribution in [0.4, 0.5) is 9.39 Å². The van der Waals surface area contributed by atoms with E-state index < -0.39 is 0 Å². The van der Waals surface area contributed by atoms with E-state index in [9.17, 15) is 4.39 Å². The fraction of sp³-hybridized carbons (Fsp3) is 0.250. The maximum Gasteiger partial charge on any atom is 0.158 e.